The van der Waals surface area contributed by atoms with Gasteiger partial charge in [0.15, 0.2) is 5.75 Å². The van der Waals surface area contributed by atoms with E-state index in [-0.39, 0.29) is 15.8 Å². The van der Waals surface area contributed by atoms with E-state index >= 15 is 0 Å². The molecule has 1 N–H and O–H groups in total. The lowest BCUT2D eigenvalue weighted by Crippen LogP contribution is -2.11. The van der Waals surface area contributed by atoms with Crippen LogP contribution in [0.15, 0.2) is 42.5 Å². The minimum absolute atomic E-state index is 0.0516. The van der Waals surface area contributed by atoms with Crippen LogP contribution >= 0.6 is 46.4 Å². The first-order chi connectivity index (χ1) is 12.3. The van der Waals surface area contributed by atoms with Crippen LogP contribution in [0.25, 0.3) is 0 Å². The predicted octanol–water partition coefficient (Wildman–Crippen LogP) is 5.41. The highest BCUT2D eigenvalue weighted by Gasteiger charge is 2.13. The van der Waals surface area contributed by atoms with Gasteiger partial charge >= 0.3 is 5.97 Å². The summed E-state index contributed by atoms with van der Waals surface area (Å²) in [7, 11) is 1.45. The molecule has 2 aromatic rings. The Hall–Kier alpha value is -1.92. The molecule has 2 aromatic carbocycles. The lowest BCUT2D eigenvalue weighted by molar-refractivity contribution is -0.129. The molecule has 9 heteroatoms. The highest BCUT2D eigenvalue weighted by Crippen LogP contribution is 2.36. The van der Waals surface area contributed by atoms with E-state index < -0.39 is 11.9 Å². The summed E-state index contributed by atoms with van der Waals surface area (Å²) < 4.78 is 10.1. The van der Waals surface area contributed by atoms with Gasteiger partial charge in [-0.1, -0.05) is 46.4 Å². The molecule has 0 radical (unpaired) electrons. The molecule has 0 heterocycles. The number of rotatable bonds is 5. The molecule has 0 aliphatic heterocycles. The van der Waals surface area contributed by atoms with Crippen LogP contribution in [0.2, 0.25) is 20.1 Å². The van der Waals surface area contributed by atoms with Crippen molar-refractivity contribution in [1.29, 1.82) is 0 Å². The SMILES string of the molecule is COc1ccc(Cl)cc1NC(=O)/C=C/C(=O)Oc1c(Cl)cc(Cl)cc1Cl. The molecule has 5 nitrogen and oxygen atoms in total. The van der Waals surface area contributed by atoms with E-state index in [0.717, 1.165) is 12.2 Å². The number of nitrogens with one attached hydrogen (secondary N) is 1. The highest BCUT2D eigenvalue weighted by molar-refractivity contribution is 6.40. The first-order valence-corrected chi connectivity index (χ1v) is 8.50. The normalized spacial score (nSPS) is 10.7. The van der Waals surface area contributed by atoms with E-state index in [9.17, 15) is 9.59 Å². The van der Waals surface area contributed by atoms with E-state index in [1.54, 1.807) is 12.1 Å². The number of carbonyl (C=O) groups is 2. The van der Waals surface area contributed by atoms with Gasteiger partial charge in [0.2, 0.25) is 5.91 Å². The minimum atomic E-state index is -0.843. The van der Waals surface area contributed by atoms with Crippen LogP contribution in [0.3, 0.4) is 0 Å². The fourth-order valence-electron chi connectivity index (χ4n) is 1.86. The number of ether oxygens (including phenoxy) is 2. The summed E-state index contributed by atoms with van der Waals surface area (Å²) in [4.78, 5) is 23.8. The fourth-order valence-corrected chi connectivity index (χ4v) is 2.92. The number of anilines is 1. The lowest BCUT2D eigenvalue weighted by Gasteiger charge is -2.09. The molecule has 0 fully saturated rings. The number of halogens is 4. The zero-order valence-corrected chi connectivity index (χ0v) is 16.2. The van der Waals surface area contributed by atoms with E-state index in [2.05, 4.69) is 5.32 Å². The third-order valence-corrected chi connectivity index (χ3v) is 3.97. The number of carbonyl (C=O) groups excluding carboxylic acids is 2. The molecule has 0 atom stereocenters. The van der Waals surface area contributed by atoms with Gasteiger partial charge in [0, 0.05) is 22.2 Å². The zero-order valence-electron chi connectivity index (χ0n) is 13.2. The first kappa shape index (κ1) is 20.4. The van der Waals surface area contributed by atoms with Crippen LogP contribution in [0.5, 0.6) is 11.5 Å². The monoisotopic (exact) mass is 433 g/mol. The minimum Gasteiger partial charge on any atom is -0.495 e. The summed E-state index contributed by atoms with van der Waals surface area (Å²) in [5.41, 5.74) is 0.354. The maximum Gasteiger partial charge on any atom is 0.336 e. The Morgan fingerprint density at radius 3 is 2.23 bits per heavy atom. The van der Waals surface area contributed by atoms with Gasteiger partial charge in [-0.05, 0) is 30.3 Å². The van der Waals surface area contributed by atoms with Crippen molar-refractivity contribution in [2.24, 2.45) is 0 Å². The molecule has 0 unspecified atom stereocenters. The Labute approximate surface area is 169 Å². The number of benzene rings is 2. The first-order valence-electron chi connectivity index (χ1n) is 6.99. The molecule has 0 saturated heterocycles. The molecule has 136 valence electrons. The summed E-state index contributed by atoms with van der Waals surface area (Å²) >= 11 is 23.5. The van der Waals surface area contributed by atoms with Crippen LogP contribution in [-0.4, -0.2) is 19.0 Å². The maximum atomic E-state index is 12.0. The van der Waals surface area contributed by atoms with E-state index in [4.69, 9.17) is 55.9 Å². The van der Waals surface area contributed by atoms with Crippen LogP contribution in [0, 0.1) is 0 Å². The van der Waals surface area contributed by atoms with E-state index in [1.807, 2.05) is 0 Å². The van der Waals surface area contributed by atoms with Crippen LogP contribution in [0.1, 0.15) is 0 Å². The summed E-state index contributed by atoms with van der Waals surface area (Å²) in [5.74, 6) is -1.07. The average molecular weight is 435 g/mol. The average Bonchev–Trinajstić information content (AvgIpc) is 2.56. The number of hydrogen-bond acceptors (Lipinski definition) is 4. The third kappa shape index (κ3) is 5.54. The Morgan fingerprint density at radius 1 is 0.962 bits per heavy atom. The molecule has 0 bridgehead atoms. The smallest absolute Gasteiger partial charge is 0.336 e. The molecule has 26 heavy (non-hydrogen) atoms. The molecule has 0 saturated carbocycles. The summed E-state index contributed by atoms with van der Waals surface area (Å²) in [6.07, 6.45) is 1.91. The summed E-state index contributed by atoms with van der Waals surface area (Å²) in [6.45, 7) is 0. The Kier molecular flexibility index (Phi) is 7.17. The van der Waals surface area contributed by atoms with E-state index in [1.165, 1.54) is 25.3 Å². The summed E-state index contributed by atoms with van der Waals surface area (Å²) in [6, 6.07) is 7.47. The molecule has 1 amide bonds. The van der Waals surface area contributed by atoms with Crippen molar-refractivity contribution in [3.05, 3.63) is 62.6 Å². The molecule has 0 spiro atoms. The van der Waals surface area contributed by atoms with Crippen molar-refractivity contribution in [3.8, 4) is 11.5 Å². The molecular formula is C17H11Cl4NO4. The Balaban J connectivity index is 2.04. The van der Waals surface area contributed by atoms with Gasteiger partial charge in [-0.3, -0.25) is 4.79 Å². The predicted molar refractivity (Wildman–Crippen MR) is 103 cm³/mol. The standard InChI is InChI=1S/C17H11Cl4NO4/c1-25-14-3-2-9(18)8-13(14)22-15(23)4-5-16(24)26-17-11(20)6-10(19)7-12(17)21/h2-8H,1H3,(H,22,23)/b5-4+. The maximum absolute atomic E-state index is 12.0. The summed E-state index contributed by atoms with van der Waals surface area (Å²) in [5, 5.41) is 3.38. The van der Waals surface area contributed by atoms with Crippen molar-refractivity contribution in [1.82, 2.24) is 0 Å². The van der Waals surface area contributed by atoms with Crippen molar-refractivity contribution in [3.63, 3.8) is 0 Å². The molecule has 0 aliphatic rings. The molecular weight excluding hydrogens is 424 g/mol. The lowest BCUT2D eigenvalue weighted by atomic mass is 10.3. The third-order valence-electron chi connectivity index (χ3n) is 2.96. The van der Waals surface area contributed by atoms with Crippen LogP contribution in [-0.2, 0) is 9.59 Å². The Morgan fingerprint density at radius 2 is 1.62 bits per heavy atom. The molecule has 0 aromatic heterocycles. The topological polar surface area (TPSA) is 64.6 Å². The van der Waals surface area contributed by atoms with Gasteiger partial charge in [-0.25, -0.2) is 4.79 Å². The van der Waals surface area contributed by atoms with Crippen molar-refractivity contribution >= 4 is 64.0 Å². The van der Waals surface area contributed by atoms with Gasteiger partial charge in [-0.2, -0.15) is 0 Å². The van der Waals surface area contributed by atoms with Crippen LogP contribution in [0.4, 0.5) is 5.69 Å². The largest absolute Gasteiger partial charge is 0.495 e. The van der Waals surface area contributed by atoms with Gasteiger partial charge < -0.3 is 14.8 Å². The van der Waals surface area contributed by atoms with Gasteiger partial charge in [-0.15, -0.1) is 0 Å². The number of hydrogen-bond donors (Lipinski definition) is 1. The molecule has 0 aliphatic carbocycles. The second kappa shape index (κ2) is 9.14. The fraction of sp³-hybridized carbons (Fsp3) is 0.0588. The van der Waals surface area contributed by atoms with Crippen molar-refractivity contribution in [2.75, 3.05) is 12.4 Å². The number of esters is 1. The quantitative estimate of drug-likeness (QED) is 0.388. The highest BCUT2D eigenvalue weighted by atomic mass is 35.5. The second-order valence-corrected chi connectivity index (χ2v) is 6.47. The second-order valence-electron chi connectivity index (χ2n) is 4.79. The zero-order chi connectivity index (χ0) is 19.3. The number of amides is 1. The van der Waals surface area contributed by atoms with Gasteiger partial charge in [0.05, 0.1) is 22.8 Å². The van der Waals surface area contributed by atoms with Crippen LogP contribution < -0.4 is 14.8 Å². The van der Waals surface area contributed by atoms with Gasteiger partial charge in [0.25, 0.3) is 0 Å². The number of methoxy groups -OCH3 is 1. The van der Waals surface area contributed by atoms with Crippen molar-refractivity contribution in [2.45, 2.75) is 0 Å². The Bertz CT molecular complexity index is 860. The van der Waals surface area contributed by atoms with Crippen molar-refractivity contribution < 1.29 is 19.1 Å². The molecule has 2 rings (SSSR count). The van der Waals surface area contributed by atoms with E-state index in [0.29, 0.717) is 21.5 Å². The van der Waals surface area contributed by atoms with Gasteiger partial charge in [0.1, 0.15) is 5.75 Å².